The molecule has 0 amide bonds. The van der Waals surface area contributed by atoms with Crippen LogP contribution in [-0.2, 0) is 4.79 Å². The van der Waals surface area contributed by atoms with E-state index in [-0.39, 0.29) is 0 Å². The highest BCUT2D eigenvalue weighted by Crippen LogP contribution is 2.20. The van der Waals surface area contributed by atoms with E-state index in [4.69, 9.17) is 5.73 Å². The molecule has 0 spiro atoms. The van der Waals surface area contributed by atoms with Crippen LogP contribution in [-0.4, -0.2) is 31.3 Å². The number of thioether (sulfide) groups is 1. The van der Waals surface area contributed by atoms with Crippen molar-refractivity contribution in [3.63, 3.8) is 0 Å². The van der Waals surface area contributed by atoms with E-state index in [0.29, 0.717) is 10.7 Å². The van der Waals surface area contributed by atoms with Gasteiger partial charge in [-0.1, -0.05) is 23.9 Å². The molecule has 1 aliphatic carbocycles. The number of rotatable bonds is 4. The zero-order valence-electron chi connectivity index (χ0n) is 11.3. The number of carbonyl (C=O) groups excluding carboxylic acids is 1. The molecule has 19 heavy (non-hydrogen) atoms. The van der Waals surface area contributed by atoms with Crippen LogP contribution in [0.25, 0.3) is 0 Å². The summed E-state index contributed by atoms with van der Waals surface area (Å²) in [7, 11) is 3.35. The van der Waals surface area contributed by atoms with Crippen LogP contribution >= 0.6 is 11.8 Å². The van der Waals surface area contributed by atoms with Crippen molar-refractivity contribution in [2.45, 2.75) is 6.92 Å². The van der Waals surface area contributed by atoms with E-state index >= 15 is 0 Å². The Kier molecular flexibility index (Phi) is 6.02. The first-order valence-electron chi connectivity index (χ1n) is 5.74. The highest BCUT2D eigenvalue weighted by atomic mass is 32.2. The minimum absolute atomic E-state index is 0.350. The lowest BCUT2D eigenvalue weighted by Crippen LogP contribution is -2.13. The molecule has 0 aliphatic heterocycles. The first-order chi connectivity index (χ1) is 9.15. The van der Waals surface area contributed by atoms with Gasteiger partial charge in [0.25, 0.3) is 0 Å². The van der Waals surface area contributed by atoms with Crippen LogP contribution in [0.4, 0.5) is 0 Å². The van der Waals surface area contributed by atoms with Gasteiger partial charge in [0, 0.05) is 14.1 Å². The largest absolute Gasteiger partial charge is 0.383 e. The van der Waals surface area contributed by atoms with Crippen molar-refractivity contribution < 1.29 is 4.79 Å². The topological polar surface area (TPSA) is 67.8 Å². The standard InChI is InChI=1S/C14H17N3OS/c1-4-11-7-10(5-6-12(11)16-2)8-13(19-9-18)14(15)17-3/h4-9H,1-3H3,(H2,15,17)/b11-4-,13-8-,16-12?. The lowest BCUT2D eigenvalue weighted by Gasteiger charge is -2.10. The average Bonchev–Trinajstić information content (AvgIpc) is 2.45. The van der Waals surface area contributed by atoms with Gasteiger partial charge in [-0.3, -0.25) is 14.8 Å². The third-order valence-corrected chi connectivity index (χ3v) is 3.25. The Balaban J connectivity index is 3.13. The summed E-state index contributed by atoms with van der Waals surface area (Å²) in [5.41, 5.74) is 9.42. The van der Waals surface area contributed by atoms with Gasteiger partial charge < -0.3 is 5.73 Å². The molecule has 1 rings (SSSR count). The first-order valence-corrected chi connectivity index (χ1v) is 6.62. The molecule has 0 aromatic heterocycles. The van der Waals surface area contributed by atoms with E-state index in [1.54, 1.807) is 14.1 Å². The van der Waals surface area contributed by atoms with Crippen LogP contribution in [0, 0.1) is 0 Å². The maximum atomic E-state index is 10.6. The molecule has 0 radical (unpaired) electrons. The highest BCUT2D eigenvalue weighted by molar-refractivity contribution is 8.16. The Labute approximate surface area is 117 Å². The number of carbonyl (C=O) groups is 1. The SMILES string of the molecule is C/C=C1C=C(/C=C(\SC=O)C(N)=NC)C=CC/1=NC. The molecular formula is C14H17N3OS. The van der Waals surface area contributed by atoms with Crippen molar-refractivity contribution in [3.8, 4) is 0 Å². The van der Waals surface area contributed by atoms with Crippen LogP contribution in [0.5, 0.6) is 0 Å². The maximum Gasteiger partial charge on any atom is 0.181 e. The lowest BCUT2D eigenvalue weighted by molar-refractivity contribution is 0.570. The molecule has 4 nitrogen and oxygen atoms in total. The molecule has 0 aromatic carbocycles. The van der Waals surface area contributed by atoms with Gasteiger partial charge >= 0.3 is 0 Å². The van der Waals surface area contributed by atoms with Crippen molar-refractivity contribution in [1.82, 2.24) is 0 Å². The number of hydrogen-bond acceptors (Lipinski definition) is 4. The lowest BCUT2D eigenvalue weighted by atomic mass is 9.99. The molecule has 0 fully saturated rings. The first kappa shape index (κ1) is 15.2. The number of aliphatic imine (C=N–C) groups is 2. The van der Waals surface area contributed by atoms with E-state index < -0.39 is 0 Å². The van der Waals surface area contributed by atoms with Crippen LogP contribution in [0.2, 0.25) is 0 Å². The van der Waals surface area contributed by atoms with Crippen LogP contribution < -0.4 is 5.73 Å². The minimum Gasteiger partial charge on any atom is -0.383 e. The fourth-order valence-electron chi connectivity index (χ4n) is 1.58. The molecule has 1 aliphatic rings. The molecule has 0 bridgehead atoms. The molecule has 0 atom stereocenters. The van der Waals surface area contributed by atoms with Gasteiger partial charge in [0.05, 0.1) is 10.6 Å². The molecule has 5 heteroatoms. The summed E-state index contributed by atoms with van der Waals surface area (Å²) in [6.45, 7) is 1.96. The van der Waals surface area contributed by atoms with E-state index in [2.05, 4.69) is 9.98 Å². The van der Waals surface area contributed by atoms with Crippen LogP contribution in [0.1, 0.15) is 6.92 Å². The number of allylic oxidation sites excluding steroid dienone is 7. The highest BCUT2D eigenvalue weighted by Gasteiger charge is 2.08. The number of nitrogens with two attached hydrogens (primary N) is 1. The van der Waals surface area contributed by atoms with Crippen molar-refractivity contribution in [1.29, 1.82) is 0 Å². The summed E-state index contributed by atoms with van der Waals surface area (Å²) in [5.74, 6) is 0.350. The molecule has 0 aromatic rings. The molecule has 2 N–H and O–H groups in total. The van der Waals surface area contributed by atoms with Crippen molar-refractivity contribution in [3.05, 3.63) is 46.4 Å². The van der Waals surface area contributed by atoms with E-state index in [0.717, 1.165) is 34.2 Å². The van der Waals surface area contributed by atoms with Gasteiger partial charge in [0.2, 0.25) is 0 Å². The Bertz CT molecular complexity index is 537. The predicted octanol–water partition coefficient (Wildman–Crippen LogP) is 2.29. The monoisotopic (exact) mass is 275 g/mol. The summed E-state index contributed by atoms with van der Waals surface area (Å²) >= 11 is 1.02. The smallest absolute Gasteiger partial charge is 0.181 e. The quantitative estimate of drug-likeness (QED) is 0.486. The number of amidine groups is 1. The molecule has 0 unspecified atom stereocenters. The Morgan fingerprint density at radius 1 is 1.37 bits per heavy atom. The summed E-state index contributed by atoms with van der Waals surface area (Å²) in [5, 5.41) is 0. The second-order valence-corrected chi connectivity index (χ2v) is 4.53. The zero-order valence-corrected chi connectivity index (χ0v) is 12.1. The van der Waals surface area contributed by atoms with Gasteiger partial charge in [-0.15, -0.1) is 0 Å². The van der Waals surface area contributed by atoms with E-state index in [1.807, 2.05) is 37.3 Å². The summed E-state index contributed by atoms with van der Waals surface area (Å²) < 4.78 is 0. The third-order valence-electron chi connectivity index (χ3n) is 2.57. The Hall–Kier alpha value is -1.88. The van der Waals surface area contributed by atoms with Gasteiger partial charge in [-0.2, -0.15) is 0 Å². The number of hydrogen-bond donors (Lipinski definition) is 1. The fourth-order valence-corrected chi connectivity index (χ4v) is 2.10. The van der Waals surface area contributed by atoms with Crippen molar-refractivity contribution in [2.75, 3.05) is 14.1 Å². The van der Waals surface area contributed by atoms with Gasteiger partial charge in [0.15, 0.2) is 5.62 Å². The predicted molar refractivity (Wildman–Crippen MR) is 84.3 cm³/mol. The van der Waals surface area contributed by atoms with E-state index in [1.165, 1.54) is 0 Å². The second-order valence-electron chi connectivity index (χ2n) is 3.66. The maximum absolute atomic E-state index is 10.6. The van der Waals surface area contributed by atoms with Gasteiger partial charge in [-0.05, 0) is 36.3 Å². The fraction of sp³-hybridized carbons (Fsp3) is 0.214. The molecular weight excluding hydrogens is 258 g/mol. The van der Waals surface area contributed by atoms with E-state index in [9.17, 15) is 4.79 Å². The summed E-state index contributed by atoms with van der Waals surface area (Å²) in [6, 6.07) is 0. The van der Waals surface area contributed by atoms with Gasteiger partial charge in [-0.25, -0.2) is 0 Å². The number of nitrogens with zero attached hydrogens (tertiary/aromatic N) is 2. The zero-order chi connectivity index (χ0) is 14.3. The molecule has 0 heterocycles. The second kappa shape index (κ2) is 7.53. The van der Waals surface area contributed by atoms with Crippen LogP contribution in [0.15, 0.2) is 56.4 Å². The Morgan fingerprint density at radius 3 is 2.63 bits per heavy atom. The average molecular weight is 275 g/mol. The molecule has 100 valence electrons. The van der Waals surface area contributed by atoms with Crippen LogP contribution in [0.3, 0.4) is 0 Å². The normalized spacial score (nSPS) is 20.9. The Morgan fingerprint density at radius 2 is 2.11 bits per heavy atom. The van der Waals surface area contributed by atoms with Crippen molar-refractivity contribution in [2.24, 2.45) is 15.7 Å². The summed E-state index contributed by atoms with van der Waals surface area (Å²) in [4.78, 5) is 19.4. The minimum atomic E-state index is 0.350. The van der Waals surface area contributed by atoms with Gasteiger partial charge in [0.1, 0.15) is 5.84 Å². The van der Waals surface area contributed by atoms with Crippen molar-refractivity contribution >= 4 is 28.9 Å². The molecule has 0 saturated carbocycles. The molecule has 0 saturated heterocycles. The third kappa shape index (κ3) is 4.06. The summed E-state index contributed by atoms with van der Waals surface area (Å²) in [6.07, 6.45) is 9.70.